The Kier molecular flexibility index (Phi) is 7.79. The predicted molar refractivity (Wildman–Crippen MR) is 113 cm³/mol. The maximum Gasteiger partial charge on any atom is 0.387 e. The molecule has 174 valence electrons. The lowest BCUT2D eigenvalue weighted by Crippen LogP contribution is -2.35. The summed E-state index contributed by atoms with van der Waals surface area (Å²) in [4.78, 5) is 26.6. The zero-order valence-electron chi connectivity index (χ0n) is 18.1. The number of likely N-dealkylation sites (tertiary alicyclic amines) is 1. The number of rotatable bonds is 8. The molecule has 1 N–H and O–H groups in total. The van der Waals surface area contributed by atoms with Gasteiger partial charge in [-0.2, -0.15) is 8.78 Å². The van der Waals surface area contributed by atoms with E-state index < -0.39 is 23.4 Å². The third-order valence-electron chi connectivity index (χ3n) is 5.68. The van der Waals surface area contributed by atoms with Crippen LogP contribution in [-0.4, -0.2) is 48.6 Å². The molecule has 2 aliphatic rings. The summed E-state index contributed by atoms with van der Waals surface area (Å²) in [6.07, 6.45) is 3.38. The van der Waals surface area contributed by atoms with Gasteiger partial charge in [-0.25, -0.2) is 4.79 Å². The van der Waals surface area contributed by atoms with Gasteiger partial charge in [0, 0.05) is 17.8 Å². The number of ether oxygens (including phenoxy) is 2. The number of benzene rings is 1. The summed E-state index contributed by atoms with van der Waals surface area (Å²) in [5.41, 5.74) is 0.375. The molecule has 1 atom stereocenters. The third-order valence-corrected chi connectivity index (χ3v) is 5.68. The van der Waals surface area contributed by atoms with Crippen LogP contribution in [-0.2, 0) is 9.53 Å². The van der Waals surface area contributed by atoms with Crippen LogP contribution in [0.4, 0.5) is 8.78 Å². The zero-order chi connectivity index (χ0) is 23.3. The van der Waals surface area contributed by atoms with Gasteiger partial charge in [0.05, 0.1) is 16.2 Å². The number of dihydropyridines is 1. The van der Waals surface area contributed by atoms with Crippen molar-refractivity contribution in [3.8, 4) is 5.75 Å². The number of piperidine rings is 1. The van der Waals surface area contributed by atoms with Crippen molar-refractivity contribution in [2.24, 2.45) is 0 Å². The van der Waals surface area contributed by atoms with Gasteiger partial charge < -0.3 is 14.8 Å². The number of carbonyl (C=O) groups excluding carboxylic acids is 1. The second kappa shape index (κ2) is 10.5. The first-order chi connectivity index (χ1) is 15.3. The fourth-order valence-electron chi connectivity index (χ4n) is 4.25. The first kappa shape index (κ1) is 23.6. The fraction of sp³-hybridized carbons (Fsp3) is 0.500. The highest BCUT2D eigenvalue weighted by Gasteiger charge is 2.42. The molecule has 0 spiro atoms. The summed E-state index contributed by atoms with van der Waals surface area (Å²) in [5, 5.41) is 14.8. The van der Waals surface area contributed by atoms with Crippen LogP contribution in [0.15, 0.2) is 46.9 Å². The van der Waals surface area contributed by atoms with E-state index in [0.717, 1.165) is 25.9 Å². The van der Waals surface area contributed by atoms with Crippen molar-refractivity contribution in [3.63, 3.8) is 0 Å². The molecule has 1 aromatic rings. The summed E-state index contributed by atoms with van der Waals surface area (Å²) in [7, 11) is 0. The number of nitro groups is 1. The van der Waals surface area contributed by atoms with Crippen LogP contribution in [0.1, 0.15) is 44.6 Å². The number of esters is 1. The average Bonchev–Trinajstić information content (AvgIpc) is 2.73. The number of alkyl halides is 2. The number of hydrogen-bond donors (Lipinski definition) is 1. The molecule has 32 heavy (non-hydrogen) atoms. The van der Waals surface area contributed by atoms with Crippen molar-refractivity contribution < 1.29 is 28.0 Å². The van der Waals surface area contributed by atoms with Gasteiger partial charge in [-0.1, -0.05) is 24.6 Å². The summed E-state index contributed by atoms with van der Waals surface area (Å²) < 4.78 is 36.1. The van der Waals surface area contributed by atoms with Crippen molar-refractivity contribution in [1.82, 2.24) is 10.2 Å². The van der Waals surface area contributed by atoms with E-state index in [9.17, 15) is 23.7 Å². The van der Waals surface area contributed by atoms with Crippen molar-refractivity contribution in [3.05, 3.63) is 62.6 Å². The largest absolute Gasteiger partial charge is 0.461 e. The van der Waals surface area contributed by atoms with Gasteiger partial charge in [-0.05, 0) is 45.8 Å². The predicted octanol–water partition coefficient (Wildman–Crippen LogP) is 3.79. The number of allylic oxidation sites excluding steroid dienone is 3. The van der Waals surface area contributed by atoms with E-state index in [-0.39, 0.29) is 34.9 Å². The van der Waals surface area contributed by atoms with Crippen LogP contribution in [0.3, 0.4) is 0 Å². The van der Waals surface area contributed by atoms with Crippen LogP contribution in [0, 0.1) is 10.1 Å². The Labute approximate surface area is 185 Å². The molecular weight excluding hydrogens is 424 g/mol. The maximum atomic E-state index is 13.1. The normalized spacial score (nSPS) is 19.7. The number of hydrogen-bond acceptors (Lipinski definition) is 7. The lowest BCUT2D eigenvalue weighted by Gasteiger charge is -2.28. The molecule has 2 aliphatic heterocycles. The van der Waals surface area contributed by atoms with Crippen molar-refractivity contribution in [2.75, 3.05) is 26.2 Å². The molecule has 0 aliphatic carbocycles. The summed E-state index contributed by atoms with van der Waals surface area (Å²) in [6.45, 7) is 2.57. The Hall–Kier alpha value is -3.01. The molecule has 0 aromatic heterocycles. The lowest BCUT2D eigenvalue weighted by molar-refractivity contribution is -0.431. The topological polar surface area (TPSA) is 93.9 Å². The smallest absolute Gasteiger partial charge is 0.387 e. The number of para-hydroxylation sites is 1. The molecule has 1 fully saturated rings. The summed E-state index contributed by atoms with van der Waals surface area (Å²) >= 11 is 0. The van der Waals surface area contributed by atoms with E-state index in [2.05, 4.69) is 15.0 Å². The SMILES string of the molecule is CC1=C(C(=O)OCCN2CCCCC2)C(c2ccccc2OC(F)F)C([N+](=O)[O-])=C(C)N1. The van der Waals surface area contributed by atoms with E-state index in [1.165, 1.54) is 31.5 Å². The van der Waals surface area contributed by atoms with Crippen molar-refractivity contribution in [1.29, 1.82) is 0 Å². The van der Waals surface area contributed by atoms with Gasteiger partial charge in [0.2, 0.25) is 0 Å². The summed E-state index contributed by atoms with van der Waals surface area (Å²) in [6, 6.07) is 5.78. The van der Waals surface area contributed by atoms with Crippen LogP contribution < -0.4 is 10.1 Å². The molecular formula is C22H27F2N3O5. The first-order valence-electron chi connectivity index (χ1n) is 10.6. The van der Waals surface area contributed by atoms with Gasteiger partial charge in [0.1, 0.15) is 18.3 Å². The lowest BCUT2D eigenvalue weighted by atomic mass is 9.83. The minimum Gasteiger partial charge on any atom is -0.461 e. The maximum absolute atomic E-state index is 13.1. The molecule has 0 saturated carbocycles. The molecule has 2 heterocycles. The number of carbonyl (C=O) groups is 1. The molecule has 1 saturated heterocycles. The molecule has 1 aromatic carbocycles. The molecule has 10 heteroatoms. The highest BCUT2D eigenvalue weighted by molar-refractivity contribution is 5.92. The minimum atomic E-state index is -3.12. The van der Waals surface area contributed by atoms with Crippen LogP contribution in [0.5, 0.6) is 5.75 Å². The van der Waals surface area contributed by atoms with E-state index in [4.69, 9.17) is 4.74 Å². The molecule has 0 bridgehead atoms. The standard InChI is InChI=1S/C22H27F2N3O5/c1-14-18(21(28)31-13-12-26-10-6-3-7-11-26)19(20(27(29)30)15(2)25-14)16-8-4-5-9-17(16)32-22(23)24/h4-5,8-9,19,22,25H,3,6-7,10-13H2,1-2H3. The Morgan fingerprint density at radius 1 is 1.22 bits per heavy atom. The van der Waals surface area contributed by atoms with Crippen molar-refractivity contribution in [2.45, 2.75) is 45.6 Å². The molecule has 1 unspecified atom stereocenters. The monoisotopic (exact) mass is 451 g/mol. The van der Waals surface area contributed by atoms with Crippen LogP contribution in [0.2, 0.25) is 0 Å². The fourth-order valence-corrected chi connectivity index (χ4v) is 4.25. The number of halogens is 2. The Balaban J connectivity index is 1.91. The first-order valence-corrected chi connectivity index (χ1v) is 10.6. The Morgan fingerprint density at radius 3 is 2.56 bits per heavy atom. The minimum absolute atomic E-state index is 0.00580. The second-order valence-corrected chi connectivity index (χ2v) is 7.82. The number of nitrogens with one attached hydrogen (secondary N) is 1. The van der Waals surface area contributed by atoms with E-state index in [1.807, 2.05) is 0 Å². The zero-order valence-corrected chi connectivity index (χ0v) is 18.1. The molecule has 0 amide bonds. The Bertz CT molecular complexity index is 926. The van der Waals surface area contributed by atoms with Gasteiger partial charge >= 0.3 is 12.6 Å². The van der Waals surface area contributed by atoms with E-state index in [1.54, 1.807) is 13.0 Å². The van der Waals surface area contributed by atoms with Gasteiger partial charge in [0.25, 0.3) is 5.70 Å². The van der Waals surface area contributed by atoms with Gasteiger partial charge in [-0.3, -0.25) is 15.0 Å². The van der Waals surface area contributed by atoms with E-state index >= 15 is 0 Å². The summed E-state index contributed by atoms with van der Waals surface area (Å²) in [5.74, 6) is -2.17. The van der Waals surface area contributed by atoms with Gasteiger partial charge in [-0.15, -0.1) is 0 Å². The second-order valence-electron chi connectivity index (χ2n) is 7.82. The third kappa shape index (κ3) is 5.42. The quantitative estimate of drug-likeness (QED) is 0.365. The highest BCUT2D eigenvalue weighted by atomic mass is 19.3. The Morgan fingerprint density at radius 2 is 1.91 bits per heavy atom. The number of nitrogens with zero attached hydrogens (tertiary/aromatic N) is 2. The highest BCUT2D eigenvalue weighted by Crippen LogP contribution is 2.42. The molecule has 8 nitrogen and oxygen atoms in total. The molecule has 0 radical (unpaired) electrons. The van der Waals surface area contributed by atoms with Gasteiger partial charge in [0.15, 0.2) is 0 Å². The van der Waals surface area contributed by atoms with Crippen molar-refractivity contribution >= 4 is 5.97 Å². The molecule has 3 rings (SSSR count). The van der Waals surface area contributed by atoms with Crippen LogP contribution in [0.25, 0.3) is 0 Å². The average molecular weight is 451 g/mol. The van der Waals surface area contributed by atoms with Crippen LogP contribution >= 0.6 is 0 Å². The van der Waals surface area contributed by atoms with E-state index in [0.29, 0.717) is 12.2 Å².